The number of hydrogen-bond donors (Lipinski definition) is 2. The van der Waals surface area contributed by atoms with Gasteiger partial charge in [0, 0.05) is 10.9 Å². The molecule has 3 rings (SSSR count). The number of anilines is 1. The Morgan fingerprint density at radius 3 is 2.61 bits per heavy atom. The fraction of sp³-hybridized carbons (Fsp3) is 0.368. The van der Waals surface area contributed by atoms with Crippen molar-refractivity contribution in [3.05, 3.63) is 49.4 Å². The number of carbonyl (C=O) groups is 3. The number of ether oxygens (including phenoxy) is 1. The topological polar surface area (TPSA) is 129 Å². The number of primary amides is 1. The number of hydrogen-bond acceptors (Lipinski definition) is 7. The Morgan fingerprint density at radius 1 is 1.21 bits per heavy atom. The van der Waals surface area contributed by atoms with Gasteiger partial charge in [0.1, 0.15) is 16.3 Å². The molecular weight excluding hydrogens is 384 g/mol. The largest absolute Gasteiger partial charge is 0.452 e. The van der Waals surface area contributed by atoms with Crippen LogP contribution in [0.25, 0.3) is 0 Å². The van der Waals surface area contributed by atoms with Crippen molar-refractivity contribution in [3.8, 4) is 0 Å². The van der Waals surface area contributed by atoms with Gasteiger partial charge in [-0.1, -0.05) is 0 Å². The maximum absolute atomic E-state index is 12.3. The van der Waals surface area contributed by atoms with Crippen LogP contribution >= 0.6 is 11.3 Å². The molecule has 3 N–H and O–H groups in total. The number of nitrogens with one attached hydrogen (secondary N) is 1. The smallest absolute Gasteiger partial charge is 0.342 e. The van der Waals surface area contributed by atoms with Crippen LogP contribution in [-0.2, 0) is 22.4 Å². The van der Waals surface area contributed by atoms with Crippen molar-refractivity contribution in [2.45, 2.75) is 39.5 Å². The molecule has 0 aliphatic heterocycles. The number of amides is 2. The first-order chi connectivity index (χ1) is 13.3. The van der Waals surface area contributed by atoms with E-state index in [2.05, 4.69) is 5.32 Å². The highest BCUT2D eigenvalue weighted by Crippen LogP contribution is 2.37. The van der Waals surface area contributed by atoms with Gasteiger partial charge in [0.15, 0.2) is 6.61 Å². The average molecular weight is 404 g/mol. The molecule has 2 aromatic heterocycles. The van der Waals surface area contributed by atoms with E-state index in [-0.39, 0.29) is 11.3 Å². The Morgan fingerprint density at radius 2 is 1.93 bits per heavy atom. The van der Waals surface area contributed by atoms with E-state index in [1.165, 1.54) is 24.3 Å². The molecule has 0 saturated heterocycles. The van der Waals surface area contributed by atoms with Crippen molar-refractivity contribution >= 4 is 34.1 Å². The lowest BCUT2D eigenvalue weighted by Crippen LogP contribution is -2.23. The molecule has 1 aliphatic carbocycles. The molecule has 1 aliphatic rings. The molecule has 0 bridgehead atoms. The zero-order valence-corrected chi connectivity index (χ0v) is 16.4. The van der Waals surface area contributed by atoms with Crippen LogP contribution in [0.3, 0.4) is 0 Å². The van der Waals surface area contributed by atoms with Crippen LogP contribution < -0.4 is 16.7 Å². The summed E-state index contributed by atoms with van der Waals surface area (Å²) in [5, 5.41) is 3.01. The van der Waals surface area contributed by atoms with Crippen LogP contribution in [0.4, 0.5) is 5.00 Å². The summed E-state index contributed by atoms with van der Waals surface area (Å²) in [6, 6.07) is 1.18. The van der Waals surface area contributed by atoms with Gasteiger partial charge in [-0.3, -0.25) is 9.59 Å². The molecule has 0 atom stereocenters. The van der Waals surface area contributed by atoms with Gasteiger partial charge < -0.3 is 20.2 Å². The third kappa shape index (κ3) is 3.99. The minimum atomic E-state index is -0.769. The van der Waals surface area contributed by atoms with Gasteiger partial charge >= 0.3 is 11.6 Å². The van der Waals surface area contributed by atoms with Crippen molar-refractivity contribution in [2.24, 2.45) is 5.73 Å². The Bertz CT molecular complexity index is 994. The predicted molar refractivity (Wildman–Crippen MR) is 103 cm³/mol. The number of carbonyl (C=O) groups excluding carboxylic acids is 3. The van der Waals surface area contributed by atoms with Gasteiger partial charge in [-0.15, -0.1) is 11.3 Å². The van der Waals surface area contributed by atoms with Crippen LogP contribution in [0.2, 0.25) is 0 Å². The lowest BCUT2D eigenvalue weighted by molar-refractivity contribution is -0.119. The maximum atomic E-state index is 12.3. The van der Waals surface area contributed by atoms with E-state index >= 15 is 0 Å². The van der Waals surface area contributed by atoms with Crippen molar-refractivity contribution in [3.63, 3.8) is 0 Å². The van der Waals surface area contributed by atoms with E-state index in [9.17, 15) is 19.2 Å². The number of thiophene rings is 1. The van der Waals surface area contributed by atoms with E-state index in [4.69, 9.17) is 14.9 Å². The summed E-state index contributed by atoms with van der Waals surface area (Å²) >= 11 is 1.33. The fourth-order valence-electron chi connectivity index (χ4n) is 3.34. The summed E-state index contributed by atoms with van der Waals surface area (Å²) < 4.78 is 9.94. The summed E-state index contributed by atoms with van der Waals surface area (Å²) in [7, 11) is 0. The van der Waals surface area contributed by atoms with Gasteiger partial charge in [-0.05, 0) is 50.7 Å². The van der Waals surface area contributed by atoms with Crippen LogP contribution in [0.5, 0.6) is 0 Å². The fourth-order valence-corrected chi connectivity index (χ4v) is 4.65. The minimum absolute atomic E-state index is 0.108. The second-order valence-corrected chi connectivity index (χ2v) is 7.69. The summed E-state index contributed by atoms with van der Waals surface area (Å²) in [5.74, 6) is -1.81. The molecule has 0 unspecified atom stereocenters. The lowest BCUT2D eigenvalue weighted by atomic mass is 9.95. The Hall–Kier alpha value is -2.94. The number of nitrogens with two attached hydrogens (primary N) is 1. The molecule has 0 fully saturated rings. The molecule has 2 heterocycles. The maximum Gasteiger partial charge on any atom is 0.342 e. The Balaban J connectivity index is 1.70. The number of rotatable bonds is 5. The Kier molecular flexibility index (Phi) is 5.64. The van der Waals surface area contributed by atoms with Gasteiger partial charge in [0.25, 0.3) is 11.8 Å². The molecular formula is C19H20N2O6S. The van der Waals surface area contributed by atoms with E-state index in [1.807, 2.05) is 0 Å². The van der Waals surface area contributed by atoms with E-state index < -0.39 is 30.0 Å². The van der Waals surface area contributed by atoms with Gasteiger partial charge in [-0.2, -0.15) is 0 Å². The molecule has 0 aromatic carbocycles. The molecule has 0 spiro atoms. The van der Waals surface area contributed by atoms with Gasteiger partial charge in [0.2, 0.25) is 0 Å². The third-order valence-electron chi connectivity index (χ3n) is 4.54. The zero-order chi connectivity index (χ0) is 20.4. The van der Waals surface area contributed by atoms with Crippen LogP contribution in [-0.4, -0.2) is 24.4 Å². The predicted octanol–water partition coefficient (Wildman–Crippen LogP) is 2.09. The molecule has 2 amide bonds. The third-order valence-corrected chi connectivity index (χ3v) is 5.75. The second kappa shape index (κ2) is 7.97. The summed E-state index contributed by atoms with van der Waals surface area (Å²) in [5.41, 5.74) is 6.69. The first-order valence-corrected chi connectivity index (χ1v) is 9.62. The van der Waals surface area contributed by atoms with Crippen molar-refractivity contribution in [2.75, 3.05) is 11.9 Å². The van der Waals surface area contributed by atoms with Crippen LogP contribution in [0.1, 0.15) is 55.3 Å². The first kappa shape index (κ1) is 19.8. The van der Waals surface area contributed by atoms with Gasteiger partial charge in [-0.25, -0.2) is 9.59 Å². The summed E-state index contributed by atoms with van der Waals surface area (Å²) in [6.07, 6.45) is 3.61. The number of esters is 1. The highest BCUT2D eigenvalue weighted by Gasteiger charge is 2.25. The second-order valence-electron chi connectivity index (χ2n) is 6.58. The zero-order valence-electron chi connectivity index (χ0n) is 15.5. The van der Waals surface area contributed by atoms with Gasteiger partial charge in [0.05, 0.1) is 5.56 Å². The molecule has 9 heteroatoms. The summed E-state index contributed by atoms with van der Waals surface area (Å²) in [4.78, 5) is 48.7. The molecule has 8 nitrogen and oxygen atoms in total. The normalized spacial score (nSPS) is 12.9. The standard InChI is InChI=1S/C19H20N2O6S/c1-9-7-14(23)27-10(2)15(9)19(25)26-8-13(22)21-18-16(17(20)24)11-5-3-4-6-12(11)28-18/h7H,3-6,8H2,1-2H3,(H2,20,24)(H,21,22). The lowest BCUT2D eigenvalue weighted by Gasteiger charge is -2.11. The molecule has 2 aromatic rings. The molecule has 0 saturated carbocycles. The quantitative estimate of drug-likeness (QED) is 0.734. The van der Waals surface area contributed by atoms with E-state index in [0.29, 0.717) is 16.1 Å². The van der Waals surface area contributed by atoms with Crippen molar-refractivity contribution in [1.29, 1.82) is 0 Å². The highest BCUT2D eigenvalue weighted by atomic mass is 32.1. The highest BCUT2D eigenvalue weighted by molar-refractivity contribution is 7.17. The minimum Gasteiger partial charge on any atom is -0.452 e. The van der Waals surface area contributed by atoms with E-state index in [1.54, 1.807) is 6.92 Å². The SMILES string of the molecule is Cc1cc(=O)oc(C)c1C(=O)OCC(=O)Nc1sc2c(c1C(N)=O)CCCC2. The number of fused-ring (bicyclic) bond motifs is 1. The van der Waals surface area contributed by atoms with Crippen molar-refractivity contribution in [1.82, 2.24) is 0 Å². The van der Waals surface area contributed by atoms with Crippen LogP contribution in [0, 0.1) is 13.8 Å². The summed E-state index contributed by atoms with van der Waals surface area (Å²) in [6.45, 7) is 2.51. The molecule has 148 valence electrons. The van der Waals surface area contributed by atoms with Crippen LogP contribution in [0.15, 0.2) is 15.3 Å². The van der Waals surface area contributed by atoms with E-state index in [0.717, 1.165) is 36.1 Å². The number of aryl methyl sites for hydroxylation is 3. The molecule has 28 heavy (non-hydrogen) atoms. The average Bonchev–Trinajstić information content (AvgIpc) is 2.96. The molecule has 0 radical (unpaired) electrons. The Labute approximate surface area is 164 Å². The monoisotopic (exact) mass is 404 g/mol. The first-order valence-electron chi connectivity index (χ1n) is 8.80. The van der Waals surface area contributed by atoms with Crippen molar-refractivity contribution < 1.29 is 23.5 Å².